The van der Waals surface area contributed by atoms with Crippen molar-refractivity contribution in [2.45, 2.75) is 25.1 Å². The van der Waals surface area contributed by atoms with Crippen LogP contribution in [0.25, 0.3) is 0 Å². The highest BCUT2D eigenvalue weighted by molar-refractivity contribution is 4.84. The monoisotopic (exact) mass is 174 g/mol. The van der Waals surface area contributed by atoms with Gasteiger partial charge in [-0.3, -0.25) is 4.90 Å². The molecule has 4 heteroatoms. The van der Waals surface area contributed by atoms with Gasteiger partial charge in [-0.2, -0.15) is 0 Å². The van der Waals surface area contributed by atoms with Gasteiger partial charge < -0.3 is 15.6 Å². The average Bonchev–Trinajstić information content (AvgIpc) is 2.48. The number of ether oxygens (including phenoxy) is 1. The van der Waals surface area contributed by atoms with E-state index >= 15 is 0 Å². The highest BCUT2D eigenvalue weighted by Crippen LogP contribution is 2.13. The lowest BCUT2D eigenvalue weighted by Gasteiger charge is -2.30. The lowest BCUT2D eigenvalue weighted by molar-refractivity contribution is 0.0791. The van der Waals surface area contributed by atoms with E-state index < -0.39 is 0 Å². The summed E-state index contributed by atoms with van der Waals surface area (Å²) in [6.07, 6.45) is -0.357. The predicted molar refractivity (Wildman–Crippen MR) is 46.9 cm³/mol. The molecule has 4 nitrogen and oxygen atoms in total. The fraction of sp³-hybridized carbons (Fsp3) is 1.00. The van der Waals surface area contributed by atoms with E-state index in [-0.39, 0.29) is 12.1 Å². The van der Waals surface area contributed by atoms with Crippen molar-refractivity contribution in [2.24, 2.45) is 5.73 Å². The van der Waals surface area contributed by atoms with Gasteiger partial charge in [-0.1, -0.05) is 0 Å². The Kier molecular flexibility index (Phi) is 3.46. The minimum atomic E-state index is -0.357. The Balaban J connectivity index is 2.45. The van der Waals surface area contributed by atoms with Crippen LogP contribution in [-0.4, -0.2) is 55.0 Å². The van der Waals surface area contributed by atoms with Gasteiger partial charge in [-0.15, -0.1) is 0 Å². The molecular weight excluding hydrogens is 156 g/mol. The third kappa shape index (κ3) is 1.95. The van der Waals surface area contributed by atoms with Crippen molar-refractivity contribution >= 4 is 0 Å². The molecule has 3 N–H and O–H groups in total. The second-order valence-corrected chi connectivity index (χ2v) is 3.42. The molecule has 0 aromatic carbocycles. The standard InChI is InChI=1S/C8H18N2O2/c1-6(3-9)10(2)7-4-12-5-8(7)11/h6-8,11H,3-5,9H2,1-2H3. The molecule has 1 saturated heterocycles. The highest BCUT2D eigenvalue weighted by Gasteiger charge is 2.31. The van der Waals surface area contributed by atoms with Crippen molar-refractivity contribution in [3.05, 3.63) is 0 Å². The van der Waals surface area contributed by atoms with Gasteiger partial charge in [0.2, 0.25) is 0 Å². The molecule has 0 spiro atoms. The molecule has 0 bridgehead atoms. The summed E-state index contributed by atoms with van der Waals surface area (Å²) in [4.78, 5) is 2.08. The van der Waals surface area contributed by atoms with Gasteiger partial charge in [0.05, 0.1) is 25.4 Å². The molecule has 1 aliphatic rings. The van der Waals surface area contributed by atoms with Gasteiger partial charge in [-0.25, -0.2) is 0 Å². The molecule has 0 aromatic heterocycles. The van der Waals surface area contributed by atoms with E-state index in [0.29, 0.717) is 25.8 Å². The number of hydrogen-bond acceptors (Lipinski definition) is 4. The Morgan fingerprint density at radius 3 is 2.75 bits per heavy atom. The maximum atomic E-state index is 9.50. The molecular formula is C8H18N2O2. The molecule has 3 unspecified atom stereocenters. The molecule has 0 aromatic rings. The minimum Gasteiger partial charge on any atom is -0.389 e. The van der Waals surface area contributed by atoms with Crippen LogP contribution < -0.4 is 5.73 Å². The van der Waals surface area contributed by atoms with Crippen LogP contribution in [0.5, 0.6) is 0 Å². The van der Waals surface area contributed by atoms with E-state index in [9.17, 15) is 5.11 Å². The maximum Gasteiger partial charge on any atom is 0.0950 e. The lowest BCUT2D eigenvalue weighted by atomic mass is 10.1. The molecule has 1 heterocycles. The van der Waals surface area contributed by atoms with Gasteiger partial charge in [0.1, 0.15) is 0 Å². The first-order valence-corrected chi connectivity index (χ1v) is 4.34. The number of hydrogen-bond donors (Lipinski definition) is 2. The third-order valence-corrected chi connectivity index (χ3v) is 2.58. The van der Waals surface area contributed by atoms with E-state index in [1.54, 1.807) is 0 Å². The Bertz CT molecular complexity index is 143. The Morgan fingerprint density at radius 2 is 2.33 bits per heavy atom. The van der Waals surface area contributed by atoms with E-state index in [4.69, 9.17) is 10.5 Å². The van der Waals surface area contributed by atoms with Crippen LogP contribution in [0.3, 0.4) is 0 Å². The summed E-state index contributed by atoms with van der Waals surface area (Å²) in [5, 5.41) is 9.50. The van der Waals surface area contributed by atoms with Crippen molar-refractivity contribution in [3.8, 4) is 0 Å². The van der Waals surface area contributed by atoms with Gasteiger partial charge >= 0.3 is 0 Å². The number of rotatable bonds is 3. The lowest BCUT2D eigenvalue weighted by Crippen LogP contribution is -2.47. The van der Waals surface area contributed by atoms with Crippen LogP contribution >= 0.6 is 0 Å². The molecule has 0 aliphatic carbocycles. The third-order valence-electron chi connectivity index (χ3n) is 2.58. The van der Waals surface area contributed by atoms with E-state index in [0.717, 1.165) is 0 Å². The molecule has 72 valence electrons. The SMILES string of the molecule is CC(CN)N(C)C1COCC1O. The topological polar surface area (TPSA) is 58.7 Å². The zero-order chi connectivity index (χ0) is 9.14. The molecule has 0 radical (unpaired) electrons. The molecule has 1 rings (SSSR count). The Morgan fingerprint density at radius 1 is 1.67 bits per heavy atom. The van der Waals surface area contributed by atoms with Crippen molar-refractivity contribution in [2.75, 3.05) is 26.8 Å². The van der Waals surface area contributed by atoms with Crippen molar-refractivity contribution in [3.63, 3.8) is 0 Å². The van der Waals surface area contributed by atoms with Crippen LogP contribution in [0.2, 0.25) is 0 Å². The first kappa shape index (κ1) is 9.92. The summed E-state index contributed by atoms with van der Waals surface area (Å²) in [7, 11) is 1.97. The van der Waals surface area contributed by atoms with Crippen molar-refractivity contribution in [1.82, 2.24) is 4.90 Å². The molecule has 1 aliphatic heterocycles. The van der Waals surface area contributed by atoms with Gasteiger partial charge in [0.25, 0.3) is 0 Å². The first-order chi connectivity index (χ1) is 5.66. The summed E-state index contributed by atoms with van der Waals surface area (Å²) >= 11 is 0. The molecule has 0 amide bonds. The summed E-state index contributed by atoms with van der Waals surface area (Å²) in [6, 6.07) is 0.412. The number of likely N-dealkylation sites (N-methyl/N-ethyl adjacent to an activating group) is 1. The number of aliphatic hydroxyl groups is 1. The Hall–Kier alpha value is -0.160. The van der Waals surface area contributed by atoms with Crippen LogP contribution in [-0.2, 0) is 4.74 Å². The van der Waals surface area contributed by atoms with Crippen LogP contribution in [0.4, 0.5) is 0 Å². The second-order valence-electron chi connectivity index (χ2n) is 3.42. The summed E-state index contributed by atoms with van der Waals surface area (Å²) < 4.78 is 5.15. The van der Waals surface area contributed by atoms with Gasteiger partial charge in [0, 0.05) is 12.6 Å². The number of aliphatic hydroxyl groups excluding tert-OH is 1. The van der Waals surface area contributed by atoms with Crippen LogP contribution in [0.15, 0.2) is 0 Å². The maximum absolute atomic E-state index is 9.50. The number of nitrogens with two attached hydrogens (primary N) is 1. The van der Waals surface area contributed by atoms with E-state index in [2.05, 4.69) is 4.90 Å². The molecule has 1 fully saturated rings. The van der Waals surface area contributed by atoms with E-state index in [1.165, 1.54) is 0 Å². The van der Waals surface area contributed by atoms with Gasteiger partial charge in [0.15, 0.2) is 0 Å². The average molecular weight is 174 g/mol. The zero-order valence-electron chi connectivity index (χ0n) is 7.73. The summed E-state index contributed by atoms with van der Waals surface area (Å²) in [5.41, 5.74) is 5.52. The summed E-state index contributed by atoms with van der Waals surface area (Å²) in [6.45, 7) is 3.72. The summed E-state index contributed by atoms with van der Waals surface area (Å²) in [5.74, 6) is 0. The van der Waals surface area contributed by atoms with Crippen LogP contribution in [0.1, 0.15) is 6.92 Å². The Labute approximate surface area is 73.3 Å². The predicted octanol–water partition coefficient (Wildman–Crippen LogP) is -0.975. The molecule has 0 saturated carbocycles. The van der Waals surface area contributed by atoms with E-state index in [1.807, 2.05) is 14.0 Å². The number of nitrogens with zero attached hydrogens (tertiary/aromatic N) is 1. The fourth-order valence-corrected chi connectivity index (χ4v) is 1.41. The van der Waals surface area contributed by atoms with Crippen LogP contribution in [0, 0.1) is 0 Å². The van der Waals surface area contributed by atoms with Crippen molar-refractivity contribution in [1.29, 1.82) is 0 Å². The minimum absolute atomic E-state index is 0.114. The molecule has 12 heavy (non-hydrogen) atoms. The smallest absolute Gasteiger partial charge is 0.0950 e. The zero-order valence-corrected chi connectivity index (χ0v) is 7.73. The van der Waals surface area contributed by atoms with Gasteiger partial charge in [-0.05, 0) is 14.0 Å². The highest BCUT2D eigenvalue weighted by atomic mass is 16.5. The quantitative estimate of drug-likeness (QED) is 0.577. The largest absolute Gasteiger partial charge is 0.389 e. The normalized spacial score (nSPS) is 32.8. The van der Waals surface area contributed by atoms with Crippen molar-refractivity contribution < 1.29 is 9.84 Å². The second kappa shape index (κ2) is 4.18. The fourth-order valence-electron chi connectivity index (χ4n) is 1.41. The first-order valence-electron chi connectivity index (χ1n) is 4.34. The molecule has 3 atom stereocenters.